The molecule has 0 amide bonds. The van der Waals surface area contributed by atoms with Gasteiger partial charge in [0.1, 0.15) is 0 Å². The van der Waals surface area contributed by atoms with Crippen LogP contribution in [0.1, 0.15) is 37.0 Å². The normalized spacial score (nSPS) is 11.9. The first-order valence-electron chi connectivity index (χ1n) is 9.73. The summed E-state index contributed by atoms with van der Waals surface area (Å²) in [4.78, 5) is 9.24. The summed E-state index contributed by atoms with van der Waals surface area (Å²) in [7, 11) is -3.21. The summed E-state index contributed by atoms with van der Waals surface area (Å²) in [6, 6.07) is 9.16. The summed E-state index contributed by atoms with van der Waals surface area (Å²) in [5.41, 5.74) is 2.71. The van der Waals surface area contributed by atoms with Gasteiger partial charge in [-0.25, -0.2) is 18.4 Å². The summed E-state index contributed by atoms with van der Waals surface area (Å²) in [6.45, 7) is 8.29. The number of pyridine rings is 1. The van der Waals surface area contributed by atoms with Crippen LogP contribution in [0, 0.1) is 6.92 Å². The van der Waals surface area contributed by atoms with Gasteiger partial charge >= 0.3 is 0 Å². The van der Waals surface area contributed by atoms with Gasteiger partial charge in [-0.15, -0.1) is 0 Å². The molecular formula is C21H30N4O3S. The van der Waals surface area contributed by atoms with Gasteiger partial charge < -0.3 is 15.4 Å². The van der Waals surface area contributed by atoms with Crippen molar-refractivity contribution in [1.82, 2.24) is 15.6 Å². The molecular weight excluding hydrogens is 388 g/mol. The first kappa shape index (κ1) is 22.7. The summed E-state index contributed by atoms with van der Waals surface area (Å²) >= 11 is 0. The van der Waals surface area contributed by atoms with Crippen LogP contribution in [-0.2, 0) is 22.9 Å². The number of nitrogens with one attached hydrogen (secondary N) is 2. The molecule has 0 aliphatic rings. The van der Waals surface area contributed by atoms with Crippen LogP contribution in [0.3, 0.4) is 0 Å². The van der Waals surface area contributed by atoms with Crippen LogP contribution < -0.4 is 15.4 Å². The standard InChI is InChI=1S/C21H30N4O3S/c1-5-11-28-20-10-8-18(14-23-20)15-25-21(22-6-2)24-13-17-7-9-19(16(3)12-17)29(4,26)27/h7-10,12,14H,5-6,11,13,15H2,1-4H3,(H2,22,24,25). The van der Waals surface area contributed by atoms with Gasteiger partial charge in [0.05, 0.1) is 18.0 Å². The molecule has 1 aromatic carbocycles. The quantitative estimate of drug-likeness (QED) is 0.481. The Morgan fingerprint density at radius 3 is 2.48 bits per heavy atom. The fraction of sp³-hybridized carbons (Fsp3) is 0.429. The molecule has 0 aliphatic carbocycles. The summed E-state index contributed by atoms with van der Waals surface area (Å²) in [5, 5.41) is 6.49. The van der Waals surface area contributed by atoms with E-state index >= 15 is 0 Å². The number of nitrogens with zero attached hydrogens (tertiary/aromatic N) is 2. The summed E-state index contributed by atoms with van der Waals surface area (Å²) < 4.78 is 29.0. The number of sulfone groups is 1. The number of hydrogen-bond donors (Lipinski definition) is 2. The van der Waals surface area contributed by atoms with Crippen molar-refractivity contribution in [2.75, 3.05) is 19.4 Å². The van der Waals surface area contributed by atoms with Gasteiger partial charge in [-0.2, -0.15) is 0 Å². The molecule has 7 nitrogen and oxygen atoms in total. The molecule has 0 bridgehead atoms. The lowest BCUT2D eigenvalue weighted by molar-refractivity contribution is 0.305. The van der Waals surface area contributed by atoms with Crippen LogP contribution in [0.2, 0.25) is 0 Å². The lowest BCUT2D eigenvalue weighted by Gasteiger charge is -2.13. The molecule has 0 saturated carbocycles. The zero-order chi connectivity index (χ0) is 21.3. The van der Waals surface area contributed by atoms with Gasteiger partial charge in [0, 0.05) is 31.6 Å². The molecule has 29 heavy (non-hydrogen) atoms. The average molecular weight is 419 g/mol. The number of benzene rings is 1. The Labute approximate surface area is 173 Å². The molecule has 2 rings (SSSR count). The number of aromatic nitrogens is 1. The molecule has 0 atom stereocenters. The molecule has 8 heteroatoms. The Bertz CT molecular complexity index is 925. The van der Waals surface area contributed by atoms with Crippen molar-refractivity contribution in [3.8, 4) is 5.88 Å². The topological polar surface area (TPSA) is 92.7 Å². The molecule has 158 valence electrons. The number of ether oxygens (including phenoxy) is 1. The van der Waals surface area contributed by atoms with E-state index in [9.17, 15) is 8.42 Å². The molecule has 0 fully saturated rings. The third-order valence-electron chi connectivity index (χ3n) is 4.11. The van der Waals surface area contributed by atoms with Gasteiger partial charge in [0.25, 0.3) is 0 Å². The van der Waals surface area contributed by atoms with E-state index in [-0.39, 0.29) is 0 Å². The second kappa shape index (κ2) is 10.8. The molecule has 0 aliphatic heterocycles. The van der Waals surface area contributed by atoms with Crippen molar-refractivity contribution in [1.29, 1.82) is 0 Å². The van der Waals surface area contributed by atoms with Crippen LogP contribution in [0.15, 0.2) is 46.4 Å². The lowest BCUT2D eigenvalue weighted by atomic mass is 10.1. The smallest absolute Gasteiger partial charge is 0.213 e. The third-order valence-corrected chi connectivity index (χ3v) is 5.37. The minimum Gasteiger partial charge on any atom is -0.478 e. The first-order chi connectivity index (χ1) is 13.8. The third kappa shape index (κ3) is 7.38. The lowest BCUT2D eigenvalue weighted by Crippen LogP contribution is -2.36. The van der Waals surface area contributed by atoms with Crippen molar-refractivity contribution < 1.29 is 13.2 Å². The van der Waals surface area contributed by atoms with E-state index in [4.69, 9.17) is 4.74 Å². The molecule has 0 spiro atoms. The second-order valence-electron chi connectivity index (χ2n) is 6.77. The van der Waals surface area contributed by atoms with Crippen molar-refractivity contribution in [2.45, 2.75) is 45.2 Å². The molecule has 2 N–H and O–H groups in total. The van der Waals surface area contributed by atoms with E-state index in [1.165, 1.54) is 6.26 Å². The molecule has 1 aromatic heterocycles. The van der Waals surface area contributed by atoms with Crippen LogP contribution in [0.5, 0.6) is 5.88 Å². The highest BCUT2D eigenvalue weighted by Crippen LogP contribution is 2.16. The molecule has 0 saturated heterocycles. The molecule has 1 heterocycles. The maximum Gasteiger partial charge on any atom is 0.213 e. The Hall–Kier alpha value is -2.61. The number of aryl methyl sites for hydroxylation is 1. The highest BCUT2D eigenvalue weighted by Gasteiger charge is 2.11. The SMILES string of the molecule is CCCOc1ccc(CN=C(NCC)NCc2ccc(S(C)(=O)=O)c(C)c2)cn1. The fourth-order valence-electron chi connectivity index (χ4n) is 2.73. The monoisotopic (exact) mass is 418 g/mol. The van der Waals surface area contributed by atoms with Gasteiger partial charge in [-0.3, -0.25) is 0 Å². The average Bonchev–Trinajstić information content (AvgIpc) is 2.68. The van der Waals surface area contributed by atoms with E-state index in [2.05, 4.69) is 27.5 Å². The molecule has 0 unspecified atom stereocenters. The maximum absolute atomic E-state index is 11.8. The fourth-order valence-corrected chi connectivity index (χ4v) is 3.69. The Kier molecular flexibility index (Phi) is 8.45. The van der Waals surface area contributed by atoms with E-state index < -0.39 is 9.84 Å². The Morgan fingerprint density at radius 1 is 1.14 bits per heavy atom. The van der Waals surface area contributed by atoms with E-state index in [0.717, 1.165) is 29.7 Å². The Balaban J connectivity index is 1.99. The number of aliphatic imine (C=N–C) groups is 1. The van der Waals surface area contributed by atoms with Crippen LogP contribution >= 0.6 is 0 Å². The number of rotatable bonds is 9. The maximum atomic E-state index is 11.8. The van der Waals surface area contributed by atoms with E-state index in [0.29, 0.717) is 36.4 Å². The first-order valence-corrected chi connectivity index (χ1v) is 11.6. The molecule has 2 aromatic rings. The van der Waals surface area contributed by atoms with Crippen LogP contribution in [-0.4, -0.2) is 38.8 Å². The zero-order valence-corrected chi connectivity index (χ0v) is 18.3. The van der Waals surface area contributed by atoms with Crippen LogP contribution in [0.25, 0.3) is 0 Å². The predicted octanol–water partition coefficient (Wildman–Crippen LogP) is 2.84. The van der Waals surface area contributed by atoms with Gasteiger partial charge in [0.15, 0.2) is 15.8 Å². The summed E-state index contributed by atoms with van der Waals surface area (Å²) in [6.07, 6.45) is 3.94. The second-order valence-corrected chi connectivity index (χ2v) is 8.76. The zero-order valence-electron chi connectivity index (χ0n) is 17.5. The van der Waals surface area contributed by atoms with Gasteiger partial charge in [0.2, 0.25) is 5.88 Å². The van der Waals surface area contributed by atoms with Crippen molar-refractivity contribution in [2.24, 2.45) is 4.99 Å². The minimum atomic E-state index is -3.21. The van der Waals surface area contributed by atoms with Crippen LogP contribution in [0.4, 0.5) is 0 Å². The van der Waals surface area contributed by atoms with Gasteiger partial charge in [-0.05, 0) is 43.0 Å². The highest BCUT2D eigenvalue weighted by molar-refractivity contribution is 7.90. The molecule has 0 radical (unpaired) electrons. The van der Waals surface area contributed by atoms with Gasteiger partial charge in [-0.1, -0.05) is 25.1 Å². The summed E-state index contributed by atoms with van der Waals surface area (Å²) in [5.74, 6) is 1.31. The predicted molar refractivity (Wildman–Crippen MR) is 116 cm³/mol. The van der Waals surface area contributed by atoms with E-state index in [1.54, 1.807) is 19.2 Å². The van der Waals surface area contributed by atoms with Crippen molar-refractivity contribution in [3.05, 3.63) is 53.2 Å². The highest BCUT2D eigenvalue weighted by atomic mass is 32.2. The number of hydrogen-bond acceptors (Lipinski definition) is 5. The minimum absolute atomic E-state index is 0.362. The largest absolute Gasteiger partial charge is 0.478 e. The number of guanidine groups is 1. The van der Waals surface area contributed by atoms with E-state index in [1.807, 2.05) is 31.2 Å². The van der Waals surface area contributed by atoms with Crippen molar-refractivity contribution in [3.63, 3.8) is 0 Å². The Morgan fingerprint density at radius 2 is 1.90 bits per heavy atom. The van der Waals surface area contributed by atoms with Crippen molar-refractivity contribution >= 4 is 15.8 Å².